The van der Waals surface area contributed by atoms with E-state index in [1.54, 1.807) is 30.3 Å². The maximum Gasteiger partial charge on any atom is 0.343 e. The Morgan fingerprint density at radius 1 is 1.25 bits per heavy atom. The van der Waals surface area contributed by atoms with E-state index in [1.807, 2.05) is 0 Å². The summed E-state index contributed by atoms with van der Waals surface area (Å²) in [7, 11) is 1.23. The molecular weight excluding hydrogens is 366 g/mol. The molecule has 2 aromatic rings. The minimum atomic E-state index is -0.745. The molecule has 2 rings (SSSR count). The normalized spacial score (nSPS) is 10.5. The highest BCUT2D eigenvalue weighted by atomic mass is 16.6. The molecule has 0 aliphatic heterocycles. The first-order chi connectivity index (χ1) is 13.4. The number of anilines is 1. The fourth-order valence-corrected chi connectivity index (χ4v) is 2.13. The van der Waals surface area contributed by atoms with Gasteiger partial charge in [0.2, 0.25) is 0 Å². The summed E-state index contributed by atoms with van der Waals surface area (Å²) < 4.78 is 9.84. The Balaban J connectivity index is 2.23. The molecule has 1 N–H and O–H groups in total. The van der Waals surface area contributed by atoms with Gasteiger partial charge < -0.3 is 14.8 Å². The lowest BCUT2D eigenvalue weighted by Gasteiger charge is -2.09. The van der Waals surface area contributed by atoms with Gasteiger partial charge >= 0.3 is 5.97 Å². The Labute approximate surface area is 159 Å². The second-order valence-corrected chi connectivity index (χ2v) is 5.33. The molecule has 2 aromatic carbocycles. The van der Waals surface area contributed by atoms with E-state index in [1.165, 1.54) is 37.5 Å². The number of para-hydroxylation sites is 1. The van der Waals surface area contributed by atoms with Crippen molar-refractivity contribution in [3.63, 3.8) is 0 Å². The zero-order valence-corrected chi connectivity index (χ0v) is 14.7. The van der Waals surface area contributed by atoms with E-state index in [-0.39, 0.29) is 29.3 Å². The maximum atomic E-state index is 12.4. The molecule has 0 aliphatic carbocycles. The van der Waals surface area contributed by atoms with Crippen molar-refractivity contribution >= 4 is 29.3 Å². The molecule has 0 bridgehead atoms. The van der Waals surface area contributed by atoms with Crippen LogP contribution in [0, 0.1) is 21.4 Å². The van der Waals surface area contributed by atoms with E-state index in [0.29, 0.717) is 5.56 Å². The van der Waals surface area contributed by atoms with Gasteiger partial charge in [-0.1, -0.05) is 24.3 Å². The first-order valence-electron chi connectivity index (χ1n) is 7.91. The summed E-state index contributed by atoms with van der Waals surface area (Å²) in [6.07, 6.45) is 1.29. The van der Waals surface area contributed by atoms with Gasteiger partial charge in [0.15, 0.2) is 6.61 Å². The van der Waals surface area contributed by atoms with Gasteiger partial charge in [-0.2, -0.15) is 5.26 Å². The van der Waals surface area contributed by atoms with Crippen LogP contribution in [0.5, 0.6) is 5.75 Å². The lowest BCUT2D eigenvalue weighted by Crippen LogP contribution is -2.14. The van der Waals surface area contributed by atoms with Gasteiger partial charge in [0, 0.05) is 23.4 Å². The summed E-state index contributed by atoms with van der Waals surface area (Å²) in [5, 5.41) is 22.6. The van der Waals surface area contributed by atoms with Crippen molar-refractivity contribution in [3.05, 3.63) is 69.8 Å². The van der Waals surface area contributed by atoms with Gasteiger partial charge in [0.1, 0.15) is 17.4 Å². The number of rotatable bonds is 7. The maximum absolute atomic E-state index is 12.4. The molecule has 1 amide bonds. The topological polar surface area (TPSA) is 132 Å². The van der Waals surface area contributed by atoms with Crippen molar-refractivity contribution in [2.75, 3.05) is 19.0 Å². The van der Waals surface area contributed by atoms with Crippen molar-refractivity contribution < 1.29 is 24.0 Å². The largest absolute Gasteiger partial charge is 0.481 e. The average molecular weight is 381 g/mol. The van der Waals surface area contributed by atoms with E-state index in [0.717, 1.165) is 0 Å². The third kappa shape index (κ3) is 5.40. The summed E-state index contributed by atoms with van der Waals surface area (Å²) in [5.74, 6) is -1.04. The number of nitrogens with zero attached hydrogens (tertiary/aromatic N) is 2. The van der Waals surface area contributed by atoms with E-state index in [2.05, 4.69) is 10.1 Å². The first-order valence-corrected chi connectivity index (χ1v) is 7.91. The van der Waals surface area contributed by atoms with Crippen molar-refractivity contribution in [2.45, 2.75) is 0 Å². The Morgan fingerprint density at radius 2 is 2.00 bits per heavy atom. The summed E-state index contributed by atoms with van der Waals surface area (Å²) in [6.45, 7) is -0.330. The number of hydrogen-bond acceptors (Lipinski definition) is 7. The predicted molar refractivity (Wildman–Crippen MR) is 99.3 cm³/mol. The molecule has 0 saturated heterocycles. The predicted octanol–water partition coefficient (Wildman–Crippen LogP) is 2.69. The highest BCUT2D eigenvalue weighted by Gasteiger charge is 2.13. The van der Waals surface area contributed by atoms with E-state index < -0.39 is 16.8 Å². The summed E-state index contributed by atoms with van der Waals surface area (Å²) >= 11 is 0. The highest BCUT2D eigenvalue weighted by molar-refractivity contribution is 6.09. The number of methoxy groups -OCH3 is 1. The first kappa shape index (κ1) is 20.1. The highest BCUT2D eigenvalue weighted by Crippen LogP contribution is 2.22. The Kier molecular flexibility index (Phi) is 6.82. The number of hydrogen-bond donors (Lipinski definition) is 1. The number of carbonyl (C=O) groups is 2. The number of nitrogens with one attached hydrogen (secondary N) is 1. The number of nitro benzene ring substituents is 1. The van der Waals surface area contributed by atoms with Crippen LogP contribution >= 0.6 is 0 Å². The number of nitriles is 1. The molecule has 0 fully saturated rings. The smallest absolute Gasteiger partial charge is 0.343 e. The third-order valence-corrected chi connectivity index (χ3v) is 3.47. The van der Waals surface area contributed by atoms with Crippen LogP contribution in [0.25, 0.3) is 6.08 Å². The monoisotopic (exact) mass is 381 g/mol. The van der Waals surface area contributed by atoms with Crippen LogP contribution < -0.4 is 10.1 Å². The fourth-order valence-electron chi connectivity index (χ4n) is 2.13. The molecule has 0 spiro atoms. The third-order valence-electron chi connectivity index (χ3n) is 3.47. The number of esters is 1. The molecule has 0 heterocycles. The van der Waals surface area contributed by atoms with Crippen LogP contribution in [0.2, 0.25) is 0 Å². The van der Waals surface area contributed by atoms with E-state index >= 15 is 0 Å². The van der Waals surface area contributed by atoms with Gasteiger partial charge in [-0.3, -0.25) is 14.9 Å². The van der Waals surface area contributed by atoms with Gasteiger partial charge in [-0.15, -0.1) is 0 Å². The van der Waals surface area contributed by atoms with Crippen LogP contribution in [0.3, 0.4) is 0 Å². The summed E-state index contributed by atoms with van der Waals surface area (Å²) in [5.41, 5.74) is 0.134. The minimum absolute atomic E-state index is 0.176. The van der Waals surface area contributed by atoms with Crippen molar-refractivity contribution in [1.29, 1.82) is 5.26 Å². The Morgan fingerprint density at radius 3 is 2.68 bits per heavy atom. The van der Waals surface area contributed by atoms with E-state index in [9.17, 15) is 25.0 Å². The number of non-ortho nitro benzene ring substituents is 1. The molecule has 9 nitrogen and oxygen atoms in total. The Hall–Kier alpha value is -4.19. The number of nitro groups is 1. The molecule has 28 heavy (non-hydrogen) atoms. The number of carbonyl (C=O) groups excluding carboxylic acids is 2. The molecule has 0 unspecified atom stereocenters. The Bertz CT molecular complexity index is 978. The molecule has 0 aromatic heterocycles. The second kappa shape index (κ2) is 9.49. The van der Waals surface area contributed by atoms with Crippen LogP contribution in [0.1, 0.15) is 5.56 Å². The zero-order valence-electron chi connectivity index (χ0n) is 14.7. The molecule has 0 saturated carbocycles. The number of amides is 1. The number of ether oxygens (including phenoxy) is 2. The van der Waals surface area contributed by atoms with Gasteiger partial charge in [0.05, 0.1) is 12.0 Å². The van der Waals surface area contributed by atoms with E-state index in [4.69, 9.17) is 4.74 Å². The van der Waals surface area contributed by atoms with Crippen LogP contribution in [-0.4, -0.2) is 30.5 Å². The summed E-state index contributed by atoms with van der Waals surface area (Å²) in [6, 6.07) is 13.6. The molecule has 0 radical (unpaired) electrons. The fraction of sp³-hybridized carbons (Fsp3) is 0.105. The van der Waals surface area contributed by atoms with Crippen LogP contribution in [0.4, 0.5) is 11.4 Å². The lowest BCUT2D eigenvalue weighted by molar-refractivity contribution is -0.384. The average Bonchev–Trinajstić information content (AvgIpc) is 2.70. The van der Waals surface area contributed by atoms with Crippen molar-refractivity contribution in [1.82, 2.24) is 0 Å². The zero-order chi connectivity index (χ0) is 20.5. The van der Waals surface area contributed by atoms with Crippen molar-refractivity contribution in [2.24, 2.45) is 0 Å². The minimum Gasteiger partial charge on any atom is -0.481 e. The molecule has 142 valence electrons. The standard InChI is InChI=1S/C19H15N3O6/c1-27-18(23)12-28-17-8-3-2-5-13(17)9-14(11-20)19(24)21-15-6-4-7-16(10-15)22(25)26/h2-10H,12H2,1H3,(H,21,24)/b14-9+. The SMILES string of the molecule is COC(=O)COc1ccccc1/C=C(\C#N)C(=O)Nc1cccc([N+](=O)[O-])c1. The van der Waals surface area contributed by atoms with Crippen LogP contribution in [-0.2, 0) is 14.3 Å². The van der Waals surface area contributed by atoms with Crippen molar-refractivity contribution in [3.8, 4) is 11.8 Å². The van der Waals surface area contributed by atoms with Crippen LogP contribution in [0.15, 0.2) is 54.1 Å². The molecular formula is C19H15N3O6. The summed E-state index contributed by atoms with van der Waals surface area (Å²) in [4.78, 5) is 33.8. The molecule has 0 aliphatic rings. The molecule has 9 heteroatoms. The van der Waals surface area contributed by atoms with Gasteiger partial charge in [-0.05, 0) is 18.2 Å². The quantitative estimate of drug-likeness (QED) is 0.256. The second-order valence-electron chi connectivity index (χ2n) is 5.33. The lowest BCUT2D eigenvalue weighted by atomic mass is 10.1. The number of benzene rings is 2. The van der Waals surface area contributed by atoms with Gasteiger partial charge in [-0.25, -0.2) is 4.79 Å². The van der Waals surface area contributed by atoms with Gasteiger partial charge in [0.25, 0.3) is 11.6 Å². The molecule has 0 atom stereocenters.